The Balaban J connectivity index is 2.57. The molecule has 0 aliphatic heterocycles. The summed E-state index contributed by atoms with van der Waals surface area (Å²) in [6.07, 6.45) is 8.10. The molecule has 0 saturated carbocycles. The first kappa shape index (κ1) is 6.01. The number of hydrogen-bond donors (Lipinski definition) is 0. The van der Waals surface area contributed by atoms with E-state index in [2.05, 4.69) is 17.0 Å². The maximum Gasteiger partial charge on any atom is 0.138 e. The molecule has 0 fully saturated rings. The number of hydrogen-bond acceptors (Lipinski definition) is 2. The van der Waals surface area contributed by atoms with Crippen LogP contribution in [0.1, 0.15) is 13.3 Å². The first-order valence-corrected chi connectivity index (χ1v) is 2.94. The predicted octanol–water partition coefficient (Wildman–Crippen LogP) is 1.16. The molecule has 0 aliphatic rings. The standard InChI is InChI=1S/C6H9N3/c1-2-3-4-9-6-7-5-8-9/h3-6H,2H2,1H3/b4-3+. The van der Waals surface area contributed by atoms with E-state index in [1.54, 1.807) is 11.0 Å². The van der Waals surface area contributed by atoms with Crippen LogP contribution in [0.2, 0.25) is 0 Å². The fourth-order valence-electron chi connectivity index (χ4n) is 0.508. The lowest BCUT2D eigenvalue weighted by Crippen LogP contribution is -1.83. The highest BCUT2D eigenvalue weighted by Gasteiger charge is 1.77. The summed E-state index contributed by atoms with van der Waals surface area (Å²) < 4.78 is 1.67. The molecular weight excluding hydrogens is 114 g/mol. The van der Waals surface area contributed by atoms with Crippen LogP contribution in [-0.4, -0.2) is 14.8 Å². The second-order valence-electron chi connectivity index (χ2n) is 1.67. The summed E-state index contributed by atoms with van der Waals surface area (Å²) >= 11 is 0. The van der Waals surface area contributed by atoms with Gasteiger partial charge in [-0.3, -0.25) is 0 Å². The minimum Gasteiger partial charge on any atom is -0.229 e. The van der Waals surface area contributed by atoms with Gasteiger partial charge in [-0.1, -0.05) is 13.0 Å². The van der Waals surface area contributed by atoms with E-state index >= 15 is 0 Å². The molecule has 0 spiro atoms. The second kappa shape index (κ2) is 3.02. The fourth-order valence-corrected chi connectivity index (χ4v) is 0.508. The minimum absolute atomic E-state index is 1.03. The molecule has 1 rings (SSSR count). The van der Waals surface area contributed by atoms with Crippen LogP contribution in [0.4, 0.5) is 0 Å². The molecule has 0 aliphatic carbocycles. The molecule has 3 nitrogen and oxygen atoms in total. The van der Waals surface area contributed by atoms with Crippen molar-refractivity contribution in [1.82, 2.24) is 14.8 Å². The summed E-state index contributed by atoms with van der Waals surface area (Å²) in [4.78, 5) is 3.78. The van der Waals surface area contributed by atoms with Crippen LogP contribution in [0.15, 0.2) is 18.7 Å². The fraction of sp³-hybridized carbons (Fsp3) is 0.333. The van der Waals surface area contributed by atoms with Crippen molar-refractivity contribution in [2.75, 3.05) is 0 Å². The van der Waals surface area contributed by atoms with Crippen molar-refractivity contribution >= 4 is 6.20 Å². The van der Waals surface area contributed by atoms with Crippen LogP contribution < -0.4 is 0 Å². The second-order valence-corrected chi connectivity index (χ2v) is 1.67. The number of allylic oxidation sites excluding steroid dienone is 1. The number of nitrogens with zero attached hydrogens (tertiary/aromatic N) is 3. The molecule has 0 atom stereocenters. The molecule has 0 unspecified atom stereocenters. The first-order chi connectivity index (χ1) is 4.43. The average molecular weight is 123 g/mol. The molecule has 9 heavy (non-hydrogen) atoms. The lowest BCUT2D eigenvalue weighted by molar-refractivity contribution is 0.928. The Morgan fingerprint density at radius 2 is 2.56 bits per heavy atom. The molecule has 1 aromatic heterocycles. The molecule has 3 heteroatoms. The van der Waals surface area contributed by atoms with E-state index in [9.17, 15) is 0 Å². The summed E-state index contributed by atoms with van der Waals surface area (Å²) in [5.74, 6) is 0. The quantitative estimate of drug-likeness (QED) is 0.590. The predicted molar refractivity (Wildman–Crippen MR) is 35.6 cm³/mol. The summed E-state index contributed by atoms with van der Waals surface area (Å²) in [5.41, 5.74) is 0. The van der Waals surface area contributed by atoms with Gasteiger partial charge in [0.15, 0.2) is 0 Å². The van der Waals surface area contributed by atoms with Crippen LogP contribution in [0.5, 0.6) is 0 Å². The van der Waals surface area contributed by atoms with E-state index in [4.69, 9.17) is 0 Å². The third-order valence-corrected chi connectivity index (χ3v) is 0.930. The largest absolute Gasteiger partial charge is 0.229 e. The summed E-state index contributed by atoms with van der Waals surface area (Å²) in [6.45, 7) is 2.08. The van der Waals surface area contributed by atoms with Gasteiger partial charge in [0.1, 0.15) is 12.7 Å². The maximum atomic E-state index is 3.87. The van der Waals surface area contributed by atoms with Gasteiger partial charge in [0, 0.05) is 6.20 Å². The van der Waals surface area contributed by atoms with E-state index < -0.39 is 0 Å². The Morgan fingerprint density at radius 1 is 1.67 bits per heavy atom. The number of aromatic nitrogens is 3. The third-order valence-electron chi connectivity index (χ3n) is 0.930. The van der Waals surface area contributed by atoms with Gasteiger partial charge in [-0.2, -0.15) is 5.10 Å². The Hall–Kier alpha value is -1.12. The van der Waals surface area contributed by atoms with E-state index in [1.165, 1.54) is 6.33 Å². The van der Waals surface area contributed by atoms with Gasteiger partial charge in [0.2, 0.25) is 0 Å². The monoisotopic (exact) mass is 123 g/mol. The number of rotatable bonds is 2. The van der Waals surface area contributed by atoms with Gasteiger partial charge in [-0.25, -0.2) is 9.67 Å². The first-order valence-electron chi connectivity index (χ1n) is 2.94. The van der Waals surface area contributed by atoms with Gasteiger partial charge in [0.05, 0.1) is 0 Å². The van der Waals surface area contributed by atoms with Gasteiger partial charge in [0.25, 0.3) is 0 Å². The van der Waals surface area contributed by atoms with Gasteiger partial charge >= 0.3 is 0 Å². The Kier molecular flexibility index (Phi) is 2.01. The maximum absolute atomic E-state index is 3.87. The van der Waals surface area contributed by atoms with E-state index in [0.717, 1.165) is 6.42 Å². The lowest BCUT2D eigenvalue weighted by atomic mass is 10.5. The van der Waals surface area contributed by atoms with Crippen molar-refractivity contribution in [2.45, 2.75) is 13.3 Å². The van der Waals surface area contributed by atoms with Crippen molar-refractivity contribution in [3.8, 4) is 0 Å². The Labute approximate surface area is 54.0 Å². The van der Waals surface area contributed by atoms with Crippen molar-refractivity contribution in [3.05, 3.63) is 18.7 Å². The molecule has 0 amide bonds. The molecule has 1 heterocycles. The normalized spacial score (nSPS) is 10.8. The molecule has 48 valence electrons. The highest BCUT2D eigenvalue weighted by Crippen LogP contribution is 1.83. The van der Waals surface area contributed by atoms with Crippen LogP contribution in [0, 0.1) is 0 Å². The van der Waals surface area contributed by atoms with Gasteiger partial charge in [-0.05, 0) is 6.42 Å². The SMILES string of the molecule is CC/C=C/n1cncn1. The van der Waals surface area contributed by atoms with Crippen LogP contribution in [-0.2, 0) is 0 Å². The van der Waals surface area contributed by atoms with Gasteiger partial charge in [-0.15, -0.1) is 0 Å². The van der Waals surface area contributed by atoms with E-state index in [0.29, 0.717) is 0 Å². The molecular formula is C6H9N3. The third kappa shape index (κ3) is 1.68. The van der Waals surface area contributed by atoms with Crippen molar-refractivity contribution in [3.63, 3.8) is 0 Å². The van der Waals surface area contributed by atoms with Crippen molar-refractivity contribution in [1.29, 1.82) is 0 Å². The summed E-state index contributed by atoms with van der Waals surface area (Å²) in [6, 6.07) is 0. The van der Waals surface area contributed by atoms with Crippen LogP contribution in [0.25, 0.3) is 6.20 Å². The van der Waals surface area contributed by atoms with Crippen molar-refractivity contribution in [2.24, 2.45) is 0 Å². The molecule has 0 saturated heterocycles. The smallest absolute Gasteiger partial charge is 0.138 e. The molecule has 0 aromatic carbocycles. The zero-order chi connectivity index (χ0) is 6.53. The van der Waals surface area contributed by atoms with Crippen LogP contribution >= 0.6 is 0 Å². The summed E-state index contributed by atoms with van der Waals surface area (Å²) in [7, 11) is 0. The Bertz CT molecular complexity index is 176. The Morgan fingerprint density at radius 3 is 3.11 bits per heavy atom. The topological polar surface area (TPSA) is 30.7 Å². The highest BCUT2D eigenvalue weighted by atomic mass is 15.3. The van der Waals surface area contributed by atoms with E-state index in [-0.39, 0.29) is 0 Å². The molecule has 0 N–H and O–H groups in total. The molecule has 1 aromatic rings. The molecule has 0 bridgehead atoms. The minimum atomic E-state index is 1.03. The summed E-state index contributed by atoms with van der Waals surface area (Å²) in [5, 5.41) is 3.87. The van der Waals surface area contributed by atoms with Crippen LogP contribution in [0.3, 0.4) is 0 Å². The molecule has 0 radical (unpaired) electrons. The zero-order valence-electron chi connectivity index (χ0n) is 5.36. The van der Waals surface area contributed by atoms with Crippen molar-refractivity contribution < 1.29 is 0 Å². The van der Waals surface area contributed by atoms with Gasteiger partial charge < -0.3 is 0 Å². The highest BCUT2D eigenvalue weighted by molar-refractivity contribution is 5.17. The average Bonchev–Trinajstić information content (AvgIpc) is 2.34. The zero-order valence-corrected chi connectivity index (χ0v) is 5.36. The lowest BCUT2D eigenvalue weighted by Gasteiger charge is -1.83. The van der Waals surface area contributed by atoms with E-state index in [1.807, 2.05) is 12.3 Å².